The van der Waals surface area contributed by atoms with E-state index in [-0.39, 0.29) is 0 Å². The molecule has 114 valence electrons. The molecular weight excluding hydrogens is 270 g/mol. The molecule has 0 bridgehead atoms. The second kappa shape index (κ2) is 6.48. The fraction of sp³-hybridized carbons (Fsp3) is 0.625. The average Bonchev–Trinajstić information content (AvgIpc) is 2.47. The Morgan fingerprint density at radius 3 is 2.10 bits per heavy atom. The Balaban J connectivity index is 2.15. The lowest BCUT2D eigenvalue weighted by molar-refractivity contribution is 0.260. The Hall–Kier alpha value is -0.550. The second-order valence-electron chi connectivity index (χ2n) is 6.08. The third-order valence-electron chi connectivity index (χ3n) is 4.35. The van der Waals surface area contributed by atoms with Crippen LogP contribution in [0.5, 0.6) is 0 Å². The van der Waals surface area contributed by atoms with Crippen LogP contribution in [0.1, 0.15) is 57.4 Å². The largest absolute Gasteiger partial charge is 0.281 e. The average molecular weight is 297 g/mol. The highest BCUT2D eigenvalue weighted by Gasteiger charge is 2.29. The van der Waals surface area contributed by atoms with E-state index in [1.54, 1.807) is 4.31 Å². The topological polar surface area (TPSA) is 43.7 Å². The van der Waals surface area contributed by atoms with Crippen molar-refractivity contribution in [2.24, 2.45) is 0 Å². The lowest BCUT2D eigenvalue weighted by atomic mass is 9.96. The van der Waals surface area contributed by atoms with Crippen LogP contribution in [0.15, 0.2) is 29.2 Å². The van der Waals surface area contributed by atoms with E-state index in [9.17, 15) is 9.11 Å². The predicted molar refractivity (Wildman–Crippen MR) is 86.3 cm³/mol. The van der Waals surface area contributed by atoms with Gasteiger partial charge in [0.15, 0.2) is 0 Å². The van der Waals surface area contributed by atoms with Gasteiger partial charge < -0.3 is 0 Å². The Morgan fingerprint density at radius 2 is 1.60 bits per heavy atom. The van der Waals surface area contributed by atoms with E-state index >= 15 is 0 Å². The van der Waals surface area contributed by atoms with Crippen molar-refractivity contribution in [2.45, 2.75) is 62.8 Å². The van der Waals surface area contributed by atoms with Gasteiger partial charge in [0.2, 0.25) is 0 Å². The molecule has 1 saturated carbocycles. The van der Waals surface area contributed by atoms with Crippen molar-refractivity contribution in [3.05, 3.63) is 29.8 Å². The van der Waals surface area contributed by atoms with Crippen LogP contribution in [0.4, 0.5) is 0 Å². The monoisotopic (exact) mass is 297 g/mol. The van der Waals surface area contributed by atoms with E-state index in [0.29, 0.717) is 16.9 Å². The lowest BCUT2D eigenvalue weighted by Gasteiger charge is -2.46. The molecule has 1 aromatic rings. The van der Waals surface area contributed by atoms with E-state index in [1.165, 1.54) is 24.8 Å². The van der Waals surface area contributed by atoms with Crippen molar-refractivity contribution in [3.8, 4) is 0 Å². The van der Waals surface area contributed by atoms with Crippen molar-refractivity contribution >= 4 is 10.8 Å². The quantitative estimate of drug-likeness (QED) is 0.812. The van der Waals surface area contributed by atoms with Gasteiger partial charge >= 0.3 is 0 Å². The highest BCUT2D eigenvalue weighted by Crippen LogP contribution is 2.53. The molecule has 20 heavy (non-hydrogen) atoms. The summed E-state index contributed by atoms with van der Waals surface area (Å²) < 4.78 is 23.0. The lowest BCUT2D eigenvalue weighted by Crippen LogP contribution is -2.35. The van der Waals surface area contributed by atoms with Gasteiger partial charge in [-0.2, -0.15) is 0 Å². The smallest absolute Gasteiger partial charge is 0.0752 e. The van der Waals surface area contributed by atoms with Gasteiger partial charge in [-0.05, 0) is 36.5 Å². The van der Waals surface area contributed by atoms with Crippen molar-refractivity contribution in [1.82, 2.24) is 4.31 Å². The molecule has 0 atom stereocenters. The van der Waals surface area contributed by atoms with Crippen LogP contribution in [-0.4, -0.2) is 26.5 Å². The highest BCUT2D eigenvalue weighted by molar-refractivity contribution is 8.22. The molecular formula is C16H27NO2S. The zero-order valence-corrected chi connectivity index (χ0v) is 13.6. The van der Waals surface area contributed by atoms with Crippen LogP contribution in [-0.2, 0) is 0 Å². The Kier molecular flexibility index (Phi) is 5.13. The molecule has 0 heterocycles. The minimum atomic E-state index is -2.85. The highest BCUT2D eigenvalue weighted by atomic mass is 32.3. The van der Waals surface area contributed by atoms with Crippen LogP contribution in [0.3, 0.4) is 0 Å². The molecule has 0 amide bonds. The van der Waals surface area contributed by atoms with Gasteiger partial charge in [-0.25, -0.2) is 4.31 Å². The summed E-state index contributed by atoms with van der Waals surface area (Å²) in [6.07, 6.45) is 5.78. The van der Waals surface area contributed by atoms with Crippen molar-refractivity contribution in [2.75, 3.05) is 7.05 Å². The minimum Gasteiger partial charge on any atom is -0.281 e. The molecule has 0 saturated heterocycles. The molecule has 1 aromatic carbocycles. The maximum absolute atomic E-state index is 10.6. The minimum absolute atomic E-state index is 0.290. The zero-order valence-electron chi connectivity index (χ0n) is 12.7. The van der Waals surface area contributed by atoms with Crippen molar-refractivity contribution < 1.29 is 9.11 Å². The number of hydrogen-bond donors (Lipinski definition) is 2. The summed E-state index contributed by atoms with van der Waals surface area (Å²) in [6, 6.07) is 8.03. The molecule has 2 rings (SSSR count). The molecule has 4 heteroatoms. The number of hydrogen-bond acceptors (Lipinski definition) is 3. The van der Waals surface area contributed by atoms with Crippen LogP contribution < -0.4 is 0 Å². The summed E-state index contributed by atoms with van der Waals surface area (Å²) in [5, 5.41) is 0. The van der Waals surface area contributed by atoms with E-state index in [4.69, 9.17) is 0 Å². The summed E-state index contributed by atoms with van der Waals surface area (Å²) in [6.45, 7) is 4.28. The van der Waals surface area contributed by atoms with Crippen LogP contribution in [0, 0.1) is 0 Å². The van der Waals surface area contributed by atoms with E-state index in [2.05, 4.69) is 13.8 Å². The van der Waals surface area contributed by atoms with Gasteiger partial charge in [-0.15, -0.1) is 10.8 Å². The third kappa shape index (κ3) is 3.37. The standard InChI is InChI=1S/C16H27NO2S/c1-13(2)14-9-11-16(12-10-14)20(18,19)17(3)15-7-5-4-6-8-15/h9-13,15,18-19H,4-8H2,1-3H3. The second-order valence-corrected chi connectivity index (χ2v) is 8.17. The Labute approximate surface area is 124 Å². The molecule has 1 aliphatic carbocycles. The molecule has 0 aromatic heterocycles. The third-order valence-corrected chi connectivity index (χ3v) is 6.36. The van der Waals surface area contributed by atoms with Crippen LogP contribution in [0.2, 0.25) is 0 Å². The van der Waals surface area contributed by atoms with Crippen molar-refractivity contribution in [1.29, 1.82) is 0 Å². The Morgan fingerprint density at radius 1 is 1.05 bits per heavy atom. The zero-order chi connectivity index (χ0) is 14.8. The fourth-order valence-electron chi connectivity index (χ4n) is 2.85. The first-order chi connectivity index (χ1) is 9.43. The molecule has 1 aliphatic rings. The first-order valence-corrected chi connectivity index (χ1v) is 9.04. The van der Waals surface area contributed by atoms with Gasteiger partial charge in [-0.1, -0.05) is 45.2 Å². The van der Waals surface area contributed by atoms with Crippen LogP contribution >= 0.6 is 10.8 Å². The Bertz CT molecular complexity index is 425. The summed E-state index contributed by atoms with van der Waals surface area (Å²) in [7, 11) is -0.999. The van der Waals surface area contributed by atoms with Crippen LogP contribution in [0.25, 0.3) is 0 Å². The van der Waals surface area contributed by atoms with Crippen molar-refractivity contribution in [3.63, 3.8) is 0 Å². The SMILES string of the molecule is CC(C)c1ccc(S(O)(O)N(C)C2CCCCC2)cc1. The predicted octanol–water partition coefficient (Wildman–Crippen LogP) is 5.10. The van der Waals surface area contributed by atoms with Gasteiger partial charge in [-0.3, -0.25) is 9.11 Å². The maximum atomic E-state index is 10.6. The summed E-state index contributed by atoms with van der Waals surface area (Å²) in [5.41, 5.74) is 1.23. The first kappa shape index (κ1) is 15.8. The molecule has 3 nitrogen and oxygen atoms in total. The van der Waals surface area contributed by atoms with E-state index in [0.717, 1.165) is 12.8 Å². The molecule has 0 unspecified atom stereocenters. The molecule has 0 aliphatic heterocycles. The first-order valence-electron chi connectivity index (χ1n) is 7.54. The van der Waals surface area contributed by atoms with Gasteiger partial charge in [0, 0.05) is 13.1 Å². The maximum Gasteiger partial charge on any atom is 0.0752 e. The summed E-state index contributed by atoms with van der Waals surface area (Å²) >= 11 is 0. The number of nitrogens with zero attached hydrogens (tertiary/aromatic N) is 1. The summed E-state index contributed by atoms with van der Waals surface area (Å²) in [5.74, 6) is 0.460. The van der Waals surface area contributed by atoms with E-state index in [1.807, 2.05) is 31.3 Å². The molecule has 0 radical (unpaired) electrons. The number of benzene rings is 1. The molecule has 1 fully saturated rings. The fourth-order valence-corrected chi connectivity index (χ4v) is 4.31. The van der Waals surface area contributed by atoms with Gasteiger partial charge in [0.1, 0.15) is 0 Å². The molecule has 0 spiro atoms. The van der Waals surface area contributed by atoms with E-state index < -0.39 is 10.8 Å². The summed E-state index contributed by atoms with van der Waals surface area (Å²) in [4.78, 5) is 0.634. The number of rotatable bonds is 4. The molecule has 2 N–H and O–H groups in total. The van der Waals surface area contributed by atoms with Gasteiger partial charge in [0.25, 0.3) is 0 Å². The normalized spacial score (nSPS) is 18.8. The van der Waals surface area contributed by atoms with Gasteiger partial charge in [0.05, 0.1) is 4.90 Å².